The Bertz CT molecular complexity index is 2110. The van der Waals surface area contributed by atoms with E-state index < -0.39 is 5.97 Å². The number of rotatable bonds is 7. The van der Waals surface area contributed by atoms with Crippen molar-refractivity contribution >= 4 is 55.8 Å². The van der Waals surface area contributed by atoms with Gasteiger partial charge in [0.2, 0.25) is 0 Å². The number of aryl methyl sites for hydroxylation is 2. The summed E-state index contributed by atoms with van der Waals surface area (Å²) in [5.74, 6) is 0.497. The van der Waals surface area contributed by atoms with E-state index in [-0.39, 0.29) is 40.6 Å². The molecule has 0 unspecified atom stereocenters. The quantitative estimate of drug-likeness (QED) is 0.266. The third-order valence-electron chi connectivity index (χ3n) is 8.40. The summed E-state index contributed by atoms with van der Waals surface area (Å²) in [5, 5.41) is 25.4. The SMILES string of the molecule is Cc1nc(N2CC3(CNC3)C2)c(C#N)c2c(=O)n(CCOc3ccc(Cl)cc3-c3ccnc4c(C(=O)O)csc34)c(C)nc12. The monoisotopic (exact) mass is 627 g/mol. The summed E-state index contributed by atoms with van der Waals surface area (Å²) in [6.45, 7) is 7.37. The van der Waals surface area contributed by atoms with E-state index in [9.17, 15) is 20.0 Å². The standard InChI is InChI=1S/C31H26ClN7O4S/c1-16-25-24(21(10-33)28(36-16)38-14-31(15-38)12-34-13-31)29(40)39(17(2)37-25)7-8-43-23-4-3-18(32)9-20(23)19-5-6-35-26-22(30(41)42)11-44-27(19)26/h3-6,9,11,34H,7-8,12-15H2,1-2H3,(H,41,42). The minimum absolute atomic E-state index is 0.127. The average molecular weight is 628 g/mol. The minimum atomic E-state index is -1.05. The molecule has 0 atom stereocenters. The summed E-state index contributed by atoms with van der Waals surface area (Å²) in [6, 6.07) is 9.26. The molecule has 2 aliphatic rings. The first-order valence-electron chi connectivity index (χ1n) is 14.0. The number of benzene rings is 1. The second kappa shape index (κ2) is 10.6. The van der Waals surface area contributed by atoms with Gasteiger partial charge >= 0.3 is 5.97 Å². The Morgan fingerprint density at radius 2 is 2.00 bits per heavy atom. The highest BCUT2D eigenvalue weighted by Gasteiger charge is 2.48. The number of anilines is 1. The van der Waals surface area contributed by atoms with Gasteiger partial charge in [0.05, 0.1) is 33.4 Å². The number of nitrogens with one attached hydrogen (secondary N) is 1. The molecule has 4 aromatic heterocycles. The van der Waals surface area contributed by atoms with Crippen molar-refractivity contribution in [2.24, 2.45) is 5.41 Å². The van der Waals surface area contributed by atoms with Gasteiger partial charge in [0.1, 0.15) is 41.1 Å². The van der Waals surface area contributed by atoms with E-state index in [0.29, 0.717) is 49.4 Å². The zero-order valence-electron chi connectivity index (χ0n) is 23.8. The van der Waals surface area contributed by atoms with Crippen molar-refractivity contribution in [1.82, 2.24) is 24.8 Å². The number of thiophene rings is 1. The largest absolute Gasteiger partial charge is 0.491 e. The van der Waals surface area contributed by atoms with Crippen LogP contribution in [0.1, 0.15) is 27.4 Å². The number of nitrogens with zero attached hydrogens (tertiary/aromatic N) is 6. The molecule has 0 saturated carbocycles. The summed E-state index contributed by atoms with van der Waals surface area (Å²) in [5.41, 5.74) is 3.15. The first-order chi connectivity index (χ1) is 21.2. The van der Waals surface area contributed by atoms with E-state index in [4.69, 9.17) is 26.3 Å². The molecule has 0 radical (unpaired) electrons. The van der Waals surface area contributed by atoms with Gasteiger partial charge in [-0.2, -0.15) is 5.26 Å². The molecule has 6 heterocycles. The van der Waals surface area contributed by atoms with Gasteiger partial charge in [-0.1, -0.05) is 11.6 Å². The number of aromatic carboxylic acids is 1. The first-order valence-corrected chi connectivity index (χ1v) is 15.3. The molecule has 2 N–H and O–H groups in total. The highest BCUT2D eigenvalue weighted by molar-refractivity contribution is 7.18. The topological polar surface area (TPSA) is 146 Å². The van der Waals surface area contributed by atoms with Crippen molar-refractivity contribution in [2.45, 2.75) is 20.4 Å². The first kappa shape index (κ1) is 28.2. The smallest absolute Gasteiger partial charge is 0.338 e. The number of halogens is 1. The second-order valence-electron chi connectivity index (χ2n) is 11.3. The fraction of sp³-hybridized carbons (Fsp3) is 0.290. The number of carboxylic acid groups (broad SMARTS) is 1. The molecule has 5 aromatic rings. The van der Waals surface area contributed by atoms with Crippen LogP contribution in [0.25, 0.3) is 32.2 Å². The Labute approximate surface area is 260 Å². The maximum absolute atomic E-state index is 13.9. The number of pyridine rings is 2. The molecular weight excluding hydrogens is 602 g/mol. The molecule has 13 heteroatoms. The fourth-order valence-corrected chi connectivity index (χ4v) is 7.32. The highest BCUT2D eigenvalue weighted by Crippen LogP contribution is 2.40. The molecule has 1 aromatic carbocycles. The van der Waals surface area contributed by atoms with E-state index in [1.54, 1.807) is 42.8 Å². The summed E-state index contributed by atoms with van der Waals surface area (Å²) in [4.78, 5) is 41.4. The third kappa shape index (κ3) is 4.47. The van der Waals surface area contributed by atoms with Crippen molar-refractivity contribution in [3.05, 3.63) is 73.9 Å². The van der Waals surface area contributed by atoms with Crippen molar-refractivity contribution in [1.29, 1.82) is 5.26 Å². The number of nitriles is 1. The summed E-state index contributed by atoms with van der Waals surface area (Å²) in [7, 11) is 0. The molecule has 2 aliphatic heterocycles. The summed E-state index contributed by atoms with van der Waals surface area (Å²) < 4.78 is 8.44. The van der Waals surface area contributed by atoms with Crippen molar-refractivity contribution in [2.75, 3.05) is 37.7 Å². The number of fused-ring (bicyclic) bond motifs is 2. The Morgan fingerprint density at radius 3 is 2.70 bits per heavy atom. The Kier molecular flexibility index (Phi) is 6.77. The van der Waals surface area contributed by atoms with Gasteiger partial charge in [0.15, 0.2) is 0 Å². The lowest BCUT2D eigenvalue weighted by Gasteiger charge is -2.56. The van der Waals surface area contributed by atoms with Crippen LogP contribution in [-0.4, -0.2) is 63.4 Å². The molecule has 2 fully saturated rings. The van der Waals surface area contributed by atoms with E-state index in [1.807, 2.05) is 6.92 Å². The molecule has 2 saturated heterocycles. The number of carboxylic acids is 1. The van der Waals surface area contributed by atoms with Crippen LogP contribution in [-0.2, 0) is 6.54 Å². The molecule has 1 spiro atoms. The molecule has 7 rings (SSSR count). The molecular formula is C31H26ClN7O4S. The van der Waals surface area contributed by atoms with E-state index in [1.165, 1.54) is 15.9 Å². The number of carbonyl (C=O) groups is 1. The van der Waals surface area contributed by atoms with Crippen molar-refractivity contribution in [3.63, 3.8) is 0 Å². The molecule has 222 valence electrons. The van der Waals surface area contributed by atoms with Gasteiger partial charge in [0, 0.05) is 59.3 Å². The van der Waals surface area contributed by atoms with Gasteiger partial charge in [-0.3, -0.25) is 14.3 Å². The van der Waals surface area contributed by atoms with Crippen LogP contribution >= 0.6 is 22.9 Å². The Balaban J connectivity index is 1.21. The number of aromatic nitrogens is 4. The Morgan fingerprint density at radius 1 is 1.20 bits per heavy atom. The van der Waals surface area contributed by atoms with Gasteiger partial charge < -0.3 is 20.1 Å². The van der Waals surface area contributed by atoms with Gasteiger partial charge in [0.25, 0.3) is 5.56 Å². The summed E-state index contributed by atoms with van der Waals surface area (Å²) in [6.07, 6.45) is 1.56. The lowest BCUT2D eigenvalue weighted by atomic mass is 9.74. The van der Waals surface area contributed by atoms with Crippen LogP contribution in [0, 0.1) is 30.6 Å². The van der Waals surface area contributed by atoms with Crippen LogP contribution < -0.4 is 20.5 Å². The fourth-order valence-electron chi connectivity index (χ4n) is 6.12. The summed E-state index contributed by atoms with van der Waals surface area (Å²) >= 11 is 7.65. The maximum Gasteiger partial charge on any atom is 0.338 e. The predicted molar refractivity (Wildman–Crippen MR) is 168 cm³/mol. The van der Waals surface area contributed by atoms with Gasteiger partial charge in [-0.25, -0.2) is 14.8 Å². The molecule has 0 bridgehead atoms. The predicted octanol–water partition coefficient (Wildman–Crippen LogP) is 4.40. The normalized spacial score (nSPS) is 15.3. The Hall–Kier alpha value is -4.57. The van der Waals surface area contributed by atoms with E-state index in [0.717, 1.165) is 31.7 Å². The van der Waals surface area contributed by atoms with Crippen LogP contribution in [0.4, 0.5) is 5.82 Å². The average Bonchev–Trinajstić information content (AvgIpc) is 3.39. The molecule has 0 amide bonds. The van der Waals surface area contributed by atoms with Crippen LogP contribution in [0.5, 0.6) is 5.75 Å². The molecule has 0 aliphatic carbocycles. The van der Waals surface area contributed by atoms with E-state index in [2.05, 4.69) is 21.3 Å². The maximum atomic E-state index is 13.9. The second-order valence-corrected chi connectivity index (χ2v) is 12.6. The zero-order chi connectivity index (χ0) is 30.7. The number of hydrogen-bond acceptors (Lipinski definition) is 10. The minimum Gasteiger partial charge on any atom is -0.491 e. The third-order valence-corrected chi connectivity index (χ3v) is 9.64. The van der Waals surface area contributed by atoms with Crippen molar-refractivity contribution in [3.8, 4) is 22.9 Å². The zero-order valence-corrected chi connectivity index (χ0v) is 25.4. The molecule has 44 heavy (non-hydrogen) atoms. The van der Waals surface area contributed by atoms with Crippen LogP contribution in [0.3, 0.4) is 0 Å². The van der Waals surface area contributed by atoms with Crippen LogP contribution in [0.2, 0.25) is 5.02 Å². The lowest BCUT2D eigenvalue weighted by molar-refractivity contribution is 0.0699. The van der Waals surface area contributed by atoms with Crippen LogP contribution in [0.15, 0.2) is 40.6 Å². The molecule has 11 nitrogen and oxygen atoms in total. The highest BCUT2D eigenvalue weighted by atomic mass is 35.5. The van der Waals surface area contributed by atoms with E-state index >= 15 is 0 Å². The van der Waals surface area contributed by atoms with Gasteiger partial charge in [-0.15, -0.1) is 11.3 Å². The van der Waals surface area contributed by atoms with Crippen molar-refractivity contribution < 1.29 is 14.6 Å². The number of ether oxygens (including phenoxy) is 1. The number of hydrogen-bond donors (Lipinski definition) is 2. The lowest BCUT2D eigenvalue weighted by Crippen LogP contribution is -2.71. The van der Waals surface area contributed by atoms with Gasteiger partial charge in [-0.05, 0) is 38.1 Å².